The molecule has 3 rings (SSSR count). The molecule has 2 aromatic carbocycles. The van der Waals surface area contributed by atoms with E-state index in [9.17, 15) is 9.59 Å². The summed E-state index contributed by atoms with van der Waals surface area (Å²) in [5, 5.41) is 0. The minimum absolute atomic E-state index is 0.127. The molecule has 1 aliphatic heterocycles. The molecule has 0 aromatic heterocycles. The van der Waals surface area contributed by atoms with Gasteiger partial charge in [-0.2, -0.15) is 0 Å². The number of carbonyl (C=O) groups excluding carboxylic acids is 2. The summed E-state index contributed by atoms with van der Waals surface area (Å²) in [6.07, 6.45) is 0. The van der Waals surface area contributed by atoms with Gasteiger partial charge >= 0.3 is 0 Å². The smallest absolute Gasteiger partial charge is 0.250 e. The van der Waals surface area contributed by atoms with E-state index >= 15 is 0 Å². The second kappa shape index (κ2) is 7.07. The summed E-state index contributed by atoms with van der Waals surface area (Å²) in [4.78, 5) is 29.1. The first-order valence-electron chi connectivity index (χ1n) is 8.42. The average molecular weight is 354 g/mol. The number of hydrogen-bond donors (Lipinski definition) is 0. The quantitative estimate of drug-likeness (QED) is 0.847. The molecule has 2 atom stereocenters. The number of anilines is 2. The molecule has 0 bridgehead atoms. The topological polar surface area (TPSA) is 59.1 Å². The van der Waals surface area contributed by atoms with E-state index in [0.29, 0.717) is 22.9 Å². The van der Waals surface area contributed by atoms with Gasteiger partial charge < -0.3 is 9.47 Å². The number of amides is 2. The molecule has 1 saturated heterocycles. The molecule has 0 unspecified atom stereocenters. The number of benzene rings is 2. The number of methoxy groups -OCH3 is 2. The fraction of sp³-hybridized carbons (Fsp3) is 0.300. The SMILES string of the molecule is COc1ccc(N2C(=O)[C@H](C)N(c3ccc(OC)cc3)C(=O)[C@H]2C)cc1. The first-order chi connectivity index (χ1) is 12.5. The molecular formula is C20H22N2O4. The molecule has 136 valence electrons. The maximum absolute atomic E-state index is 13.0. The van der Waals surface area contributed by atoms with Crippen LogP contribution in [-0.4, -0.2) is 38.1 Å². The molecule has 6 nitrogen and oxygen atoms in total. The first-order valence-corrected chi connectivity index (χ1v) is 8.42. The Morgan fingerprint density at radius 3 is 1.23 bits per heavy atom. The van der Waals surface area contributed by atoms with Gasteiger partial charge in [0, 0.05) is 11.4 Å². The van der Waals surface area contributed by atoms with Crippen molar-refractivity contribution in [2.45, 2.75) is 25.9 Å². The van der Waals surface area contributed by atoms with E-state index < -0.39 is 12.1 Å². The summed E-state index contributed by atoms with van der Waals surface area (Å²) in [6.45, 7) is 3.49. The van der Waals surface area contributed by atoms with E-state index in [-0.39, 0.29) is 11.8 Å². The Balaban J connectivity index is 1.92. The molecule has 0 aliphatic carbocycles. The molecule has 0 saturated carbocycles. The maximum Gasteiger partial charge on any atom is 0.250 e. The molecule has 6 heteroatoms. The Labute approximate surface area is 152 Å². The maximum atomic E-state index is 13.0. The third-order valence-corrected chi connectivity index (χ3v) is 4.67. The van der Waals surface area contributed by atoms with Crippen molar-refractivity contribution in [1.82, 2.24) is 0 Å². The molecular weight excluding hydrogens is 332 g/mol. The monoisotopic (exact) mass is 354 g/mol. The lowest BCUT2D eigenvalue weighted by Gasteiger charge is -2.42. The summed E-state index contributed by atoms with van der Waals surface area (Å²) in [6, 6.07) is 13.1. The second-order valence-corrected chi connectivity index (χ2v) is 6.16. The van der Waals surface area contributed by atoms with Crippen molar-refractivity contribution in [3.8, 4) is 11.5 Å². The summed E-state index contributed by atoms with van der Waals surface area (Å²) in [5.41, 5.74) is 1.36. The highest BCUT2D eigenvalue weighted by Gasteiger charge is 2.43. The fourth-order valence-corrected chi connectivity index (χ4v) is 3.19. The molecule has 0 spiro atoms. The zero-order valence-electron chi connectivity index (χ0n) is 15.3. The van der Waals surface area contributed by atoms with E-state index in [0.717, 1.165) is 0 Å². The van der Waals surface area contributed by atoms with E-state index in [2.05, 4.69) is 0 Å². The molecule has 2 aromatic rings. The Morgan fingerprint density at radius 1 is 0.654 bits per heavy atom. The lowest BCUT2D eigenvalue weighted by atomic mass is 10.0. The van der Waals surface area contributed by atoms with Crippen LogP contribution in [0.25, 0.3) is 0 Å². The number of carbonyl (C=O) groups is 2. The van der Waals surface area contributed by atoms with E-state index in [1.165, 1.54) is 0 Å². The van der Waals surface area contributed by atoms with Crippen LogP contribution >= 0.6 is 0 Å². The zero-order chi connectivity index (χ0) is 18.8. The number of ether oxygens (including phenoxy) is 2. The minimum Gasteiger partial charge on any atom is -0.497 e. The van der Waals surface area contributed by atoms with Gasteiger partial charge in [0.2, 0.25) is 0 Å². The van der Waals surface area contributed by atoms with Crippen LogP contribution in [0.2, 0.25) is 0 Å². The van der Waals surface area contributed by atoms with Crippen molar-refractivity contribution in [1.29, 1.82) is 0 Å². The fourth-order valence-electron chi connectivity index (χ4n) is 3.19. The third kappa shape index (κ3) is 2.98. The zero-order valence-corrected chi connectivity index (χ0v) is 15.3. The van der Waals surface area contributed by atoms with Gasteiger partial charge in [-0.1, -0.05) is 0 Å². The van der Waals surface area contributed by atoms with Crippen molar-refractivity contribution < 1.29 is 19.1 Å². The van der Waals surface area contributed by atoms with Crippen LogP contribution in [0.5, 0.6) is 11.5 Å². The summed E-state index contributed by atoms with van der Waals surface area (Å²) < 4.78 is 10.3. The summed E-state index contributed by atoms with van der Waals surface area (Å²) in [5.74, 6) is 1.14. The largest absolute Gasteiger partial charge is 0.497 e. The highest BCUT2D eigenvalue weighted by atomic mass is 16.5. The van der Waals surface area contributed by atoms with Gasteiger partial charge in [-0.3, -0.25) is 19.4 Å². The van der Waals surface area contributed by atoms with Crippen LogP contribution in [0, 0.1) is 0 Å². The predicted molar refractivity (Wildman–Crippen MR) is 99.9 cm³/mol. The van der Waals surface area contributed by atoms with E-state index in [1.807, 2.05) is 0 Å². The van der Waals surface area contributed by atoms with Crippen LogP contribution in [0.1, 0.15) is 13.8 Å². The van der Waals surface area contributed by atoms with Gasteiger partial charge in [-0.25, -0.2) is 0 Å². The third-order valence-electron chi connectivity index (χ3n) is 4.67. The normalized spacial score (nSPS) is 20.3. The van der Waals surface area contributed by atoms with Gasteiger partial charge in [-0.05, 0) is 62.4 Å². The molecule has 2 amide bonds. The van der Waals surface area contributed by atoms with Gasteiger partial charge in [0.05, 0.1) is 14.2 Å². The molecule has 0 N–H and O–H groups in total. The second-order valence-electron chi connectivity index (χ2n) is 6.16. The van der Waals surface area contributed by atoms with Crippen molar-refractivity contribution in [2.75, 3.05) is 24.0 Å². The van der Waals surface area contributed by atoms with Crippen LogP contribution in [0.15, 0.2) is 48.5 Å². The standard InChI is InChI=1S/C20H22N2O4/c1-13-19(23)22(16-7-11-18(26-4)12-8-16)14(2)20(24)21(13)15-5-9-17(25-3)10-6-15/h5-14H,1-4H3/t13-,14+. The average Bonchev–Trinajstić information content (AvgIpc) is 2.68. The highest BCUT2D eigenvalue weighted by Crippen LogP contribution is 2.31. The van der Waals surface area contributed by atoms with E-state index in [4.69, 9.17) is 9.47 Å². The Hall–Kier alpha value is -3.02. The minimum atomic E-state index is -0.603. The number of piperazine rings is 1. The first kappa shape index (κ1) is 17.8. The van der Waals surface area contributed by atoms with Crippen molar-refractivity contribution in [2.24, 2.45) is 0 Å². The van der Waals surface area contributed by atoms with Crippen molar-refractivity contribution >= 4 is 23.2 Å². The highest BCUT2D eigenvalue weighted by molar-refractivity contribution is 6.15. The molecule has 1 heterocycles. The van der Waals surface area contributed by atoms with Crippen LogP contribution in [0.4, 0.5) is 11.4 Å². The van der Waals surface area contributed by atoms with Crippen molar-refractivity contribution in [3.63, 3.8) is 0 Å². The lowest BCUT2D eigenvalue weighted by molar-refractivity contribution is -0.130. The number of hydrogen-bond acceptors (Lipinski definition) is 4. The molecule has 0 radical (unpaired) electrons. The molecule has 1 aliphatic rings. The summed E-state index contributed by atoms with van der Waals surface area (Å²) >= 11 is 0. The van der Waals surface area contributed by atoms with Crippen LogP contribution in [0.3, 0.4) is 0 Å². The van der Waals surface area contributed by atoms with Crippen LogP contribution < -0.4 is 19.3 Å². The van der Waals surface area contributed by atoms with Gasteiger partial charge in [0.25, 0.3) is 11.8 Å². The Kier molecular flexibility index (Phi) is 4.84. The molecule has 1 fully saturated rings. The Morgan fingerprint density at radius 2 is 0.962 bits per heavy atom. The number of rotatable bonds is 4. The van der Waals surface area contributed by atoms with E-state index in [1.54, 1.807) is 86.4 Å². The van der Waals surface area contributed by atoms with Gasteiger partial charge in [0.1, 0.15) is 23.6 Å². The predicted octanol–water partition coefficient (Wildman–Crippen LogP) is 2.86. The Bertz CT molecular complexity index is 732. The van der Waals surface area contributed by atoms with Crippen molar-refractivity contribution in [3.05, 3.63) is 48.5 Å². The van der Waals surface area contributed by atoms with Gasteiger partial charge in [-0.15, -0.1) is 0 Å². The number of nitrogens with zero attached hydrogens (tertiary/aromatic N) is 2. The van der Waals surface area contributed by atoms with Crippen LogP contribution in [-0.2, 0) is 9.59 Å². The summed E-state index contributed by atoms with van der Waals surface area (Å²) in [7, 11) is 3.17. The lowest BCUT2D eigenvalue weighted by Crippen LogP contribution is -2.63. The molecule has 26 heavy (non-hydrogen) atoms. The van der Waals surface area contributed by atoms with Gasteiger partial charge in [0.15, 0.2) is 0 Å².